The number of carbonyl (C=O) groups excluding carboxylic acids is 1. The summed E-state index contributed by atoms with van der Waals surface area (Å²) in [5.74, 6) is -0.388. The van der Waals surface area contributed by atoms with Crippen LogP contribution in [-0.4, -0.2) is 37.6 Å². The molecular weight excluding hydrogens is 326 g/mol. The predicted octanol–water partition coefficient (Wildman–Crippen LogP) is 3.59. The fourth-order valence-electron chi connectivity index (χ4n) is 3.32. The number of aromatic nitrogens is 1. The van der Waals surface area contributed by atoms with E-state index in [-0.39, 0.29) is 18.0 Å². The van der Waals surface area contributed by atoms with E-state index in [1.165, 1.54) is 7.11 Å². The molecule has 1 heterocycles. The van der Waals surface area contributed by atoms with Gasteiger partial charge in [-0.1, -0.05) is 12.8 Å². The van der Waals surface area contributed by atoms with Crippen LogP contribution in [0, 0.1) is 5.92 Å². The van der Waals surface area contributed by atoms with Gasteiger partial charge < -0.3 is 14.2 Å². The van der Waals surface area contributed by atoms with Crippen molar-refractivity contribution in [3.63, 3.8) is 0 Å². The summed E-state index contributed by atoms with van der Waals surface area (Å²) in [5, 5.41) is 0. The Bertz CT molecular complexity index is 525. The molecule has 2 rings (SSSR count). The highest BCUT2D eigenvalue weighted by Gasteiger charge is 2.33. The topological polar surface area (TPSA) is 57.7 Å². The van der Waals surface area contributed by atoms with Gasteiger partial charge in [-0.25, -0.2) is 0 Å². The zero-order valence-corrected chi connectivity index (χ0v) is 15.3. The van der Waals surface area contributed by atoms with Gasteiger partial charge in [-0.2, -0.15) is 0 Å². The van der Waals surface area contributed by atoms with Crippen LogP contribution in [0.1, 0.15) is 50.6 Å². The average Bonchev–Trinajstić information content (AvgIpc) is 2.61. The molecule has 1 saturated carbocycles. The summed E-state index contributed by atoms with van der Waals surface area (Å²) in [4.78, 5) is 17.4. The van der Waals surface area contributed by atoms with Gasteiger partial charge in [0.25, 0.3) is 0 Å². The lowest BCUT2D eigenvalue weighted by molar-refractivity contribution is -0.144. The van der Waals surface area contributed by atoms with Crippen molar-refractivity contribution in [2.75, 3.05) is 20.5 Å². The van der Waals surface area contributed by atoms with Crippen LogP contribution in [0.3, 0.4) is 0 Å². The van der Waals surface area contributed by atoms with Gasteiger partial charge in [-0.15, -0.1) is 12.6 Å². The second-order valence-electron chi connectivity index (χ2n) is 6.08. The minimum atomic E-state index is -0.412. The van der Waals surface area contributed by atoms with Crippen molar-refractivity contribution >= 4 is 18.6 Å². The Kier molecular flexibility index (Phi) is 8.02. The van der Waals surface area contributed by atoms with Crippen LogP contribution in [0.15, 0.2) is 23.2 Å². The van der Waals surface area contributed by atoms with Gasteiger partial charge in [0.15, 0.2) is 0 Å². The molecular formula is C18H27NO4S. The number of pyridine rings is 1. The molecule has 1 aromatic rings. The third-order valence-corrected chi connectivity index (χ3v) is 4.96. The minimum absolute atomic E-state index is 0.115. The summed E-state index contributed by atoms with van der Waals surface area (Å²) in [7, 11) is 1.42. The van der Waals surface area contributed by atoms with Crippen molar-refractivity contribution < 1.29 is 19.0 Å². The monoisotopic (exact) mass is 353 g/mol. The lowest BCUT2D eigenvalue weighted by atomic mass is 9.79. The quantitative estimate of drug-likeness (QED) is 0.335. The number of nitrogens with zero attached hydrogens (tertiary/aromatic N) is 1. The molecule has 3 atom stereocenters. The van der Waals surface area contributed by atoms with Crippen molar-refractivity contribution in [2.45, 2.75) is 55.9 Å². The molecule has 0 aromatic carbocycles. The molecule has 0 radical (unpaired) electrons. The van der Waals surface area contributed by atoms with Crippen LogP contribution in [0.25, 0.3) is 0 Å². The zero-order chi connectivity index (χ0) is 17.4. The summed E-state index contributed by atoms with van der Waals surface area (Å²) in [6, 6.07) is 3.67. The number of hydrogen-bond acceptors (Lipinski definition) is 6. The molecule has 1 fully saturated rings. The van der Waals surface area contributed by atoms with Gasteiger partial charge in [0, 0.05) is 17.7 Å². The largest absolute Gasteiger partial charge is 0.469 e. The Morgan fingerprint density at radius 3 is 2.92 bits per heavy atom. The Hall–Kier alpha value is -1.11. The van der Waals surface area contributed by atoms with Crippen molar-refractivity contribution in [1.29, 1.82) is 0 Å². The molecule has 0 saturated heterocycles. The van der Waals surface area contributed by atoms with E-state index >= 15 is 0 Å². The van der Waals surface area contributed by atoms with Crippen LogP contribution in [0.2, 0.25) is 0 Å². The van der Waals surface area contributed by atoms with E-state index in [9.17, 15) is 4.79 Å². The highest BCUT2D eigenvalue weighted by molar-refractivity contribution is 7.80. The standard InChI is InChI=1S/C18H27NO4S/c1-3-22-12-23-15-8-5-4-7-13(15)11-14(18(20)21-2)17-16(24)9-6-10-19-17/h6,9-10,13-15,24H,3-5,7-8,11-12H2,1-2H3. The lowest BCUT2D eigenvalue weighted by Gasteiger charge is -2.33. The Labute approximate surface area is 149 Å². The van der Waals surface area contributed by atoms with Crippen LogP contribution in [0.4, 0.5) is 0 Å². The molecule has 0 amide bonds. The van der Waals surface area contributed by atoms with Crippen molar-refractivity contribution in [3.8, 4) is 0 Å². The lowest BCUT2D eigenvalue weighted by Crippen LogP contribution is -2.32. The number of thiol groups is 1. The molecule has 1 aromatic heterocycles. The fourth-order valence-corrected chi connectivity index (χ4v) is 3.62. The number of ether oxygens (including phenoxy) is 3. The van der Waals surface area contributed by atoms with Crippen molar-refractivity contribution in [3.05, 3.63) is 24.0 Å². The summed E-state index contributed by atoms with van der Waals surface area (Å²) in [5.41, 5.74) is 0.682. The Balaban J connectivity index is 2.12. The molecule has 134 valence electrons. The van der Waals surface area contributed by atoms with Crippen LogP contribution < -0.4 is 0 Å². The molecule has 6 heteroatoms. The highest BCUT2D eigenvalue weighted by atomic mass is 32.1. The molecule has 1 aliphatic rings. The molecule has 5 nitrogen and oxygen atoms in total. The molecule has 1 aliphatic carbocycles. The van der Waals surface area contributed by atoms with Gasteiger partial charge in [-0.3, -0.25) is 9.78 Å². The Morgan fingerprint density at radius 2 is 2.21 bits per heavy atom. The van der Waals surface area contributed by atoms with Gasteiger partial charge in [0.1, 0.15) is 12.7 Å². The number of methoxy groups -OCH3 is 1. The fraction of sp³-hybridized carbons (Fsp3) is 0.667. The molecule has 3 unspecified atom stereocenters. The first-order valence-corrected chi connectivity index (χ1v) is 9.03. The van der Waals surface area contributed by atoms with Crippen LogP contribution >= 0.6 is 12.6 Å². The third kappa shape index (κ3) is 5.19. The molecule has 0 N–H and O–H groups in total. The van der Waals surface area contributed by atoms with E-state index in [1.807, 2.05) is 19.1 Å². The van der Waals surface area contributed by atoms with Gasteiger partial charge in [0.05, 0.1) is 18.9 Å². The van der Waals surface area contributed by atoms with Crippen molar-refractivity contribution in [2.24, 2.45) is 5.92 Å². The normalized spacial score (nSPS) is 22.1. The first-order valence-electron chi connectivity index (χ1n) is 8.58. The van der Waals surface area contributed by atoms with E-state index in [0.717, 1.165) is 30.6 Å². The maximum Gasteiger partial charge on any atom is 0.314 e. The Morgan fingerprint density at radius 1 is 1.42 bits per heavy atom. The predicted molar refractivity (Wildman–Crippen MR) is 94.2 cm³/mol. The zero-order valence-electron chi connectivity index (χ0n) is 14.4. The molecule has 0 aliphatic heterocycles. The summed E-state index contributed by atoms with van der Waals surface area (Å²) in [6.45, 7) is 2.89. The van der Waals surface area contributed by atoms with E-state index in [2.05, 4.69) is 17.6 Å². The number of rotatable bonds is 8. The second kappa shape index (κ2) is 10.0. The highest BCUT2D eigenvalue weighted by Crippen LogP contribution is 2.36. The summed E-state index contributed by atoms with van der Waals surface area (Å²) < 4.78 is 16.2. The number of carbonyl (C=O) groups is 1. The smallest absolute Gasteiger partial charge is 0.314 e. The first-order chi connectivity index (χ1) is 11.7. The average molecular weight is 353 g/mol. The van der Waals surface area contributed by atoms with Crippen molar-refractivity contribution in [1.82, 2.24) is 4.98 Å². The van der Waals surface area contributed by atoms with E-state index in [4.69, 9.17) is 14.2 Å². The maximum atomic E-state index is 12.3. The number of esters is 1. The van der Waals surface area contributed by atoms with Gasteiger partial charge >= 0.3 is 5.97 Å². The summed E-state index contributed by atoms with van der Waals surface area (Å²) in [6.07, 6.45) is 6.81. The minimum Gasteiger partial charge on any atom is -0.469 e. The molecule has 0 bridgehead atoms. The maximum absolute atomic E-state index is 12.3. The first kappa shape index (κ1) is 19.2. The number of hydrogen-bond donors (Lipinski definition) is 1. The van der Waals surface area contributed by atoms with E-state index in [1.54, 1.807) is 6.20 Å². The SMILES string of the molecule is CCOCOC1CCCCC1CC(C(=O)OC)c1ncccc1S. The van der Waals surface area contributed by atoms with E-state index in [0.29, 0.717) is 25.5 Å². The van der Waals surface area contributed by atoms with E-state index < -0.39 is 5.92 Å². The molecule has 24 heavy (non-hydrogen) atoms. The third-order valence-electron chi connectivity index (χ3n) is 4.58. The van der Waals surface area contributed by atoms with Gasteiger partial charge in [0.2, 0.25) is 0 Å². The summed E-state index contributed by atoms with van der Waals surface area (Å²) >= 11 is 4.46. The van der Waals surface area contributed by atoms with Crippen LogP contribution in [-0.2, 0) is 19.0 Å². The molecule has 0 spiro atoms. The van der Waals surface area contributed by atoms with Crippen LogP contribution in [0.5, 0.6) is 0 Å². The van der Waals surface area contributed by atoms with Gasteiger partial charge in [-0.05, 0) is 44.2 Å². The second-order valence-corrected chi connectivity index (χ2v) is 6.56.